The summed E-state index contributed by atoms with van der Waals surface area (Å²) in [7, 11) is 1.28. The lowest BCUT2D eigenvalue weighted by Gasteiger charge is -2.14. The van der Waals surface area contributed by atoms with Crippen molar-refractivity contribution in [3.63, 3.8) is 0 Å². The Balaban J connectivity index is 2.87. The molecule has 0 aliphatic rings. The smallest absolute Gasteiger partial charge is 0.339 e. The number of hydrogen-bond donors (Lipinski definition) is 2. The molecule has 1 unspecified atom stereocenters. The summed E-state index contributed by atoms with van der Waals surface area (Å²) >= 11 is 5.89. The van der Waals surface area contributed by atoms with Gasteiger partial charge in [-0.05, 0) is 30.7 Å². The van der Waals surface area contributed by atoms with Crippen LogP contribution in [0.2, 0.25) is 5.02 Å². The second-order valence-electron chi connectivity index (χ2n) is 4.44. The van der Waals surface area contributed by atoms with E-state index >= 15 is 0 Å². The van der Waals surface area contributed by atoms with Gasteiger partial charge in [0.05, 0.1) is 18.4 Å². The molecule has 0 heterocycles. The third-order valence-electron chi connectivity index (χ3n) is 3.05. The molecule has 0 saturated heterocycles. The van der Waals surface area contributed by atoms with E-state index in [0.717, 1.165) is 6.42 Å². The highest BCUT2D eigenvalue weighted by Gasteiger charge is 2.16. The van der Waals surface area contributed by atoms with Gasteiger partial charge in [0, 0.05) is 11.4 Å². The van der Waals surface area contributed by atoms with Crippen LogP contribution in [0.4, 0.5) is 5.69 Å². The number of nitrogens with two attached hydrogens (primary N) is 1. The van der Waals surface area contributed by atoms with Gasteiger partial charge in [-0.2, -0.15) is 0 Å². The molecule has 0 saturated carbocycles. The number of nitrogens with one attached hydrogen (secondary N) is 1. The first kappa shape index (κ1) is 16.5. The number of amides is 1. The maximum absolute atomic E-state index is 12.0. The topological polar surface area (TPSA) is 81.4 Å². The lowest BCUT2D eigenvalue weighted by atomic mass is 10.0. The molecule has 1 aromatic carbocycles. The Morgan fingerprint density at radius 1 is 1.45 bits per heavy atom. The van der Waals surface area contributed by atoms with Gasteiger partial charge in [0.25, 0.3) is 0 Å². The molecule has 0 aromatic heterocycles. The van der Waals surface area contributed by atoms with Gasteiger partial charge in [-0.15, -0.1) is 0 Å². The average molecular weight is 299 g/mol. The first-order valence-electron chi connectivity index (χ1n) is 6.39. The van der Waals surface area contributed by atoms with E-state index in [0.29, 0.717) is 23.7 Å². The Morgan fingerprint density at radius 2 is 2.15 bits per heavy atom. The van der Waals surface area contributed by atoms with Crippen LogP contribution in [0.15, 0.2) is 18.2 Å². The van der Waals surface area contributed by atoms with E-state index in [9.17, 15) is 9.59 Å². The summed E-state index contributed by atoms with van der Waals surface area (Å²) in [5, 5.41) is 3.12. The van der Waals surface area contributed by atoms with Crippen LogP contribution in [-0.4, -0.2) is 25.5 Å². The Morgan fingerprint density at radius 3 is 2.70 bits per heavy atom. The summed E-state index contributed by atoms with van der Waals surface area (Å²) in [6, 6.07) is 4.61. The molecule has 3 N–H and O–H groups in total. The zero-order valence-electron chi connectivity index (χ0n) is 11.6. The van der Waals surface area contributed by atoms with Crippen molar-refractivity contribution in [1.82, 2.24) is 0 Å². The minimum Gasteiger partial charge on any atom is -0.465 e. The van der Waals surface area contributed by atoms with E-state index in [1.807, 2.05) is 6.92 Å². The quantitative estimate of drug-likeness (QED) is 0.790. The van der Waals surface area contributed by atoms with Crippen LogP contribution in [-0.2, 0) is 9.53 Å². The number of anilines is 1. The lowest BCUT2D eigenvalue weighted by molar-refractivity contribution is -0.117. The molecule has 20 heavy (non-hydrogen) atoms. The number of hydrogen-bond acceptors (Lipinski definition) is 4. The van der Waals surface area contributed by atoms with Gasteiger partial charge in [0.2, 0.25) is 5.91 Å². The fraction of sp³-hybridized carbons (Fsp3) is 0.429. The molecule has 0 fully saturated rings. The standard InChI is InChI=1S/C14H19ClN2O3/c1-3-9(8-16)6-13(18)17-12-7-10(15)4-5-11(12)14(19)20-2/h4-5,7,9H,3,6,8,16H2,1-2H3,(H,17,18). The van der Waals surface area contributed by atoms with Crippen LogP contribution >= 0.6 is 11.6 Å². The van der Waals surface area contributed by atoms with E-state index in [1.165, 1.54) is 19.2 Å². The predicted molar refractivity (Wildman–Crippen MR) is 78.9 cm³/mol. The number of rotatable bonds is 6. The minimum absolute atomic E-state index is 0.121. The zero-order valence-corrected chi connectivity index (χ0v) is 12.4. The number of carbonyl (C=O) groups is 2. The number of carbonyl (C=O) groups excluding carboxylic acids is 2. The molecule has 1 amide bonds. The molecule has 5 nitrogen and oxygen atoms in total. The molecular formula is C14H19ClN2O3. The van der Waals surface area contributed by atoms with Crippen LogP contribution in [0.25, 0.3) is 0 Å². The summed E-state index contributed by atoms with van der Waals surface area (Å²) in [4.78, 5) is 23.6. The SMILES string of the molecule is CCC(CN)CC(=O)Nc1cc(Cl)ccc1C(=O)OC. The van der Waals surface area contributed by atoms with Crippen molar-refractivity contribution in [3.8, 4) is 0 Å². The molecular weight excluding hydrogens is 280 g/mol. The minimum atomic E-state index is -0.525. The van der Waals surface area contributed by atoms with Gasteiger partial charge in [-0.1, -0.05) is 24.9 Å². The monoisotopic (exact) mass is 298 g/mol. The molecule has 0 bridgehead atoms. The van der Waals surface area contributed by atoms with Gasteiger partial charge in [-0.25, -0.2) is 4.79 Å². The summed E-state index contributed by atoms with van der Waals surface area (Å²) < 4.78 is 4.67. The normalized spacial score (nSPS) is 11.8. The maximum Gasteiger partial charge on any atom is 0.339 e. The Kier molecular flexibility index (Phi) is 6.48. The number of benzene rings is 1. The van der Waals surface area contributed by atoms with E-state index in [-0.39, 0.29) is 17.4 Å². The number of methoxy groups -OCH3 is 1. The molecule has 6 heteroatoms. The molecule has 1 atom stereocenters. The van der Waals surface area contributed by atoms with Gasteiger partial charge in [0.15, 0.2) is 0 Å². The largest absolute Gasteiger partial charge is 0.465 e. The van der Waals surface area contributed by atoms with Crippen LogP contribution in [0.3, 0.4) is 0 Å². The molecule has 110 valence electrons. The molecule has 1 aromatic rings. The second kappa shape index (κ2) is 7.87. The molecule has 0 radical (unpaired) electrons. The third-order valence-corrected chi connectivity index (χ3v) is 3.28. The van der Waals surface area contributed by atoms with Gasteiger partial charge >= 0.3 is 5.97 Å². The van der Waals surface area contributed by atoms with Crippen molar-refractivity contribution in [2.75, 3.05) is 19.0 Å². The van der Waals surface area contributed by atoms with Crippen LogP contribution in [0.5, 0.6) is 0 Å². The summed E-state index contributed by atoms with van der Waals surface area (Å²) in [6.07, 6.45) is 1.13. The predicted octanol–water partition coefficient (Wildman–Crippen LogP) is 2.44. The second-order valence-corrected chi connectivity index (χ2v) is 4.88. The van der Waals surface area contributed by atoms with Gasteiger partial charge < -0.3 is 15.8 Å². The third kappa shape index (κ3) is 4.51. The average Bonchev–Trinajstić information content (AvgIpc) is 2.44. The number of ether oxygens (including phenoxy) is 1. The van der Waals surface area contributed by atoms with E-state index in [2.05, 4.69) is 10.1 Å². The fourth-order valence-corrected chi connectivity index (χ4v) is 1.94. The van der Waals surface area contributed by atoms with Gasteiger partial charge in [-0.3, -0.25) is 4.79 Å². The Labute approximate surface area is 123 Å². The molecule has 1 rings (SSSR count). The highest BCUT2D eigenvalue weighted by Crippen LogP contribution is 2.22. The van der Waals surface area contributed by atoms with Gasteiger partial charge in [0.1, 0.15) is 0 Å². The van der Waals surface area contributed by atoms with Crippen molar-refractivity contribution >= 4 is 29.2 Å². The van der Waals surface area contributed by atoms with E-state index in [4.69, 9.17) is 17.3 Å². The summed E-state index contributed by atoms with van der Waals surface area (Å²) in [6.45, 7) is 2.42. The highest BCUT2D eigenvalue weighted by atomic mass is 35.5. The molecule has 0 spiro atoms. The van der Waals surface area contributed by atoms with Crippen LogP contribution in [0, 0.1) is 5.92 Å². The number of halogens is 1. The number of esters is 1. The molecule has 0 aliphatic heterocycles. The summed E-state index contributed by atoms with van der Waals surface area (Å²) in [5.74, 6) is -0.603. The first-order valence-corrected chi connectivity index (χ1v) is 6.77. The first-order chi connectivity index (χ1) is 9.51. The van der Waals surface area contributed by atoms with Crippen LogP contribution in [0.1, 0.15) is 30.1 Å². The van der Waals surface area contributed by atoms with Crippen molar-refractivity contribution in [3.05, 3.63) is 28.8 Å². The van der Waals surface area contributed by atoms with Crippen molar-refractivity contribution < 1.29 is 14.3 Å². The van der Waals surface area contributed by atoms with Crippen molar-refractivity contribution in [1.29, 1.82) is 0 Å². The zero-order chi connectivity index (χ0) is 15.1. The summed E-state index contributed by atoms with van der Waals surface area (Å²) in [5.41, 5.74) is 6.19. The maximum atomic E-state index is 12.0. The lowest BCUT2D eigenvalue weighted by Crippen LogP contribution is -2.22. The van der Waals surface area contributed by atoms with E-state index < -0.39 is 5.97 Å². The molecule has 0 aliphatic carbocycles. The van der Waals surface area contributed by atoms with Crippen molar-refractivity contribution in [2.24, 2.45) is 11.7 Å². The van der Waals surface area contributed by atoms with E-state index in [1.54, 1.807) is 6.07 Å². The Hall–Kier alpha value is -1.59. The Bertz CT molecular complexity index is 487. The van der Waals surface area contributed by atoms with Crippen LogP contribution < -0.4 is 11.1 Å². The van der Waals surface area contributed by atoms with Crippen molar-refractivity contribution in [2.45, 2.75) is 19.8 Å². The fourth-order valence-electron chi connectivity index (χ4n) is 1.77. The highest BCUT2D eigenvalue weighted by molar-refractivity contribution is 6.31.